The summed E-state index contributed by atoms with van der Waals surface area (Å²) in [6.45, 7) is 0.378. The second-order valence-corrected chi connectivity index (χ2v) is 4.59. The van der Waals surface area contributed by atoms with Crippen molar-refractivity contribution in [3.63, 3.8) is 0 Å². The highest BCUT2D eigenvalue weighted by atomic mass is 79.9. The molecule has 0 saturated carbocycles. The number of rotatable bonds is 3. The van der Waals surface area contributed by atoms with Gasteiger partial charge in [-0.2, -0.15) is 0 Å². The summed E-state index contributed by atoms with van der Waals surface area (Å²) in [5, 5.41) is 0.240. The standard InChI is InChI=1S/C11H9BrClN3O/c12-8-3-1-7(2-4-8)5-17-11-9(13)10(14)15-6-16-11/h1-4,6H,5H2,(H2,14,15,16). The van der Waals surface area contributed by atoms with Gasteiger partial charge in [0.1, 0.15) is 23.8 Å². The fraction of sp³-hybridized carbons (Fsp3) is 0.0909. The monoisotopic (exact) mass is 313 g/mol. The van der Waals surface area contributed by atoms with E-state index in [1.807, 2.05) is 24.3 Å². The molecule has 4 nitrogen and oxygen atoms in total. The second kappa shape index (κ2) is 5.33. The van der Waals surface area contributed by atoms with Crippen molar-refractivity contribution in [1.29, 1.82) is 0 Å². The van der Waals surface area contributed by atoms with Gasteiger partial charge < -0.3 is 10.5 Å². The van der Waals surface area contributed by atoms with E-state index in [9.17, 15) is 0 Å². The summed E-state index contributed by atoms with van der Waals surface area (Å²) in [6.07, 6.45) is 1.32. The molecule has 0 aliphatic rings. The fourth-order valence-electron chi connectivity index (χ4n) is 1.20. The van der Waals surface area contributed by atoms with Crippen LogP contribution in [0.2, 0.25) is 5.02 Å². The van der Waals surface area contributed by atoms with E-state index in [1.54, 1.807) is 0 Å². The summed E-state index contributed by atoms with van der Waals surface area (Å²) in [6, 6.07) is 7.77. The molecule has 2 N–H and O–H groups in total. The maximum Gasteiger partial charge on any atom is 0.238 e. The minimum atomic E-state index is 0.215. The van der Waals surface area contributed by atoms with Crippen molar-refractivity contribution < 1.29 is 4.74 Å². The van der Waals surface area contributed by atoms with E-state index >= 15 is 0 Å². The Balaban J connectivity index is 2.07. The van der Waals surface area contributed by atoms with Gasteiger partial charge in [-0.3, -0.25) is 0 Å². The molecule has 0 radical (unpaired) electrons. The zero-order valence-electron chi connectivity index (χ0n) is 8.73. The van der Waals surface area contributed by atoms with Crippen molar-refractivity contribution in [1.82, 2.24) is 9.97 Å². The molecule has 0 bridgehead atoms. The first-order chi connectivity index (χ1) is 8.16. The number of hydrogen-bond donors (Lipinski definition) is 1. The first-order valence-corrected chi connectivity index (χ1v) is 5.97. The van der Waals surface area contributed by atoms with Crippen molar-refractivity contribution in [3.8, 4) is 5.88 Å². The molecule has 2 aromatic rings. The number of nitrogens with zero attached hydrogens (tertiary/aromatic N) is 2. The van der Waals surface area contributed by atoms with Crippen LogP contribution in [0, 0.1) is 0 Å². The lowest BCUT2D eigenvalue weighted by molar-refractivity contribution is 0.293. The Kier molecular flexibility index (Phi) is 3.81. The zero-order chi connectivity index (χ0) is 12.3. The number of benzene rings is 1. The lowest BCUT2D eigenvalue weighted by Crippen LogP contribution is -2.00. The minimum absolute atomic E-state index is 0.215. The molecule has 88 valence electrons. The Bertz CT molecular complexity index is 519. The van der Waals surface area contributed by atoms with Crippen molar-refractivity contribution in [2.24, 2.45) is 0 Å². The molecule has 1 heterocycles. The summed E-state index contributed by atoms with van der Waals surface area (Å²) in [7, 11) is 0. The fourth-order valence-corrected chi connectivity index (χ4v) is 1.62. The van der Waals surface area contributed by atoms with E-state index in [1.165, 1.54) is 6.33 Å². The number of ether oxygens (including phenoxy) is 1. The van der Waals surface area contributed by atoms with Gasteiger partial charge in [-0.25, -0.2) is 9.97 Å². The van der Waals surface area contributed by atoms with Gasteiger partial charge in [0.2, 0.25) is 5.88 Å². The lowest BCUT2D eigenvalue weighted by Gasteiger charge is -2.07. The SMILES string of the molecule is Nc1ncnc(OCc2ccc(Br)cc2)c1Cl. The van der Waals surface area contributed by atoms with Crippen LogP contribution in [-0.4, -0.2) is 9.97 Å². The Morgan fingerprint density at radius 3 is 2.65 bits per heavy atom. The Morgan fingerprint density at radius 1 is 1.24 bits per heavy atom. The summed E-state index contributed by atoms with van der Waals surface area (Å²) >= 11 is 9.27. The molecule has 0 atom stereocenters. The molecule has 0 amide bonds. The van der Waals surface area contributed by atoms with E-state index in [2.05, 4.69) is 25.9 Å². The van der Waals surface area contributed by atoms with E-state index in [-0.39, 0.29) is 10.8 Å². The van der Waals surface area contributed by atoms with Crippen molar-refractivity contribution in [2.45, 2.75) is 6.61 Å². The van der Waals surface area contributed by atoms with Crippen LogP contribution < -0.4 is 10.5 Å². The third-order valence-electron chi connectivity index (χ3n) is 2.07. The van der Waals surface area contributed by atoms with Crippen LogP contribution in [0.5, 0.6) is 5.88 Å². The molecule has 0 unspecified atom stereocenters. The first kappa shape index (κ1) is 12.1. The highest BCUT2D eigenvalue weighted by molar-refractivity contribution is 9.10. The third-order valence-corrected chi connectivity index (χ3v) is 2.96. The molecule has 0 fully saturated rings. The lowest BCUT2D eigenvalue weighted by atomic mass is 10.2. The van der Waals surface area contributed by atoms with Crippen molar-refractivity contribution >= 4 is 33.3 Å². The molecule has 1 aromatic heterocycles. The highest BCUT2D eigenvalue weighted by Crippen LogP contribution is 2.26. The average molecular weight is 315 g/mol. The van der Waals surface area contributed by atoms with Crippen molar-refractivity contribution in [3.05, 3.63) is 45.7 Å². The zero-order valence-corrected chi connectivity index (χ0v) is 11.1. The highest BCUT2D eigenvalue weighted by Gasteiger charge is 2.07. The maximum atomic E-state index is 5.90. The van der Waals surface area contributed by atoms with Crippen molar-refractivity contribution in [2.75, 3.05) is 5.73 Å². The molecular weight excluding hydrogens is 305 g/mol. The quantitative estimate of drug-likeness (QED) is 0.946. The third kappa shape index (κ3) is 3.08. The number of anilines is 1. The Labute approximate surface area is 112 Å². The van der Waals surface area contributed by atoms with Crippen LogP contribution in [0.4, 0.5) is 5.82 Å². The number of nitrogen functional groups attached to an aromatic ring is 1. The molecule has 1 aromatic carbocycles. The summed E-state index contributed by atoms with van der Waals surface area (Å²) in [4.78, 5) is 7.67. The Hall–Kier alpha value is -1.33. The van der Waals surface area contributed by atoms with Gasteiger partial charge in [-0.1, -0.05) is 39.7 Å². The smallest absolute Gasteiger partial charge is 0.238 e. The van der Waals surface area contributed by atoms with Gasteiger partial charge in [0, 0.05) is 4.47 Å². The normalized spacial score (nSPS) is 10.2. The predicted molar refractivity (Wildman–Crippen MR) is 69.9 cm³/mol. The van der Waals surface area contributed by atoms with E-state index in [4.69, 9.17) is 22.1 Å². The number of hydrogen-bond acceptors (Lipinski definition) is 4. The van der Waals surface area contributed by atoms with Gasteiger partial charge in [0.05, 0.1) is 0 Å². The number of nitrogens with two attached hydrogens (primary N) is 1. The van der Waals surface area contributed by atoms with Crippen LogP contribution in [0.15, 0.2) is 35.1 Å². The van der Waals surface area contributed by atoms with Gasteiger partial charge in [0.25, 0.3) is 0 Å². The second-order valence-electron chi connectivity index (χ2n) is 3.29. The molecule has 0 aliphatic heterocycles. The Morgan fingerprint density at radius 2 is 1.94 bits per heavy atom. The molecule has 0 spiro atoms. The van der Waals surface area contributed by atoms with E-state index in [0.29, 0.717) is 12.5 Å². The molecule has 17 heavy (non-hydrogen) atoms. The molecule has 6 heteroatoms. The average Bonchev–Trinajstić information content (AvgIpc) is 2.33. The van der Waals surface area contributed by atoms with Crippen LogP contribution in [0.25, 0.3) is 0 Å². The number of halogens is 2. The van der Waals surface area contributed by atoms with Gasteiger partial charge in [-0.05, 0) is 17.7 Å². The van der Waals surface area contributed by atoms with Crippen LogP contribution in [0.3, 0.4) is 0 Å². The van der Waals surface area contributed by atoms with Gasteiger partial charge in [-0.15, -0.1) is 0 Å². The van der Waals surface area contributed by atoms with E-state index in [0.717, 1.165) is 10.0 Å². The molecular formula is C11H9BrClN3O. The summed E-state index contributed by atoms with van der Waals surface area (Å²) < 4.78 is 6.48. The van der Waals surface area contributed by atoms with Crippen LogP contribution >= 0.6 is 27.5 Å². The topological polar surface area (TPSA) is 61.0 Å². The van der Waals surface area contributed by atoms with Gasteiger partial charge >= 0.3 is 0 Å². The summed E-state index contributed by atoms with van der Waals surface area (Å²) in [5.74, 6) is 0.509. The molecule has 2 rings (SSSR count). The minimum Gasteiger partial charge on any atom is -0.472 e. The summed E-state index contributed by atoms with van der Waals surface area (Å²) in [5.41, 5.74) is 6.56. The predicted octanol–water partition coefficient (Wildman–Crippen LogP) is 3.05. The van der Waals surface area contributed by atoms with Crippen LogP contribution in [-0.2, 0) is 6.61 Å². The maximum absolute atomic E-state index is 5.90. The molecule has 0 aliphatic carbocycles. The molecule has 0 saturated heterocycles. The van der Waals surface area contributed by atoms with Gasteiger partial charge in [0.15, 0.2) is 0 Å². The van der Waals surface area contributed by atoms with E-state index < -0.39 is 0 Å². The van der Waals surface area contributed by atoms with Crippen LogP contribution in [0.1, 0.15) is 5.56 Å². The number of aromatic nitrogens is 2. The first-order valence-electron chi connectivity index (χ1n) is 4.80. The largest absolute Gasteiger partial charge is 0.472 e.